The minimum Gasteiger partial charge on any atom is -0.465 e. The summed E-state index contributed by atoms with van der Waals surface area (Å²) in [5.41, 5.74) is 0. The number of carbonyl (C=O) groups is 2. The fraction of sp³-hybridized carbons (Fsp3) is 0.857. The highest BCUT2D eigenvalue weighted by molar-refractivity contribution is 5.85. The van der Waals surface area contributed by atoms with E-state index in [2.05, 4.69) is 10.2 Å². The van der Waals surface area contributed by atoms with Crippen molar-refractivity contribution in [1.29, 1.82) is 0 Å². The molecule has 1 heterocycles. The van der Waals surface area contributed by atoms with Gasteiger partial charge in [-0.25, -0.2) is 0 Å². The van der Waals surface area contributed by atoms with Gasteiger partial charge in [-0.05, 0) is 27.7 Å². The number of hydrogen-bond donors (Lipinski definition) is 1. The Hall–Kier alpha value is -1.14. The van der Waals surface area contributed by atoms with Gasteiger partial charge in [-0.15, -0.1) is 0 Å². The van der Waals surface area contributed by atoms with Crippen LogP contribution >= 0.6 is 0 Å². The number of nitrogens with one attached hydrogen (secondary N) is 1. The lowest BCUT2D eigenvalue weighted by atomic mass is 10.2. The average Bonchev–Trinajstić information content (AvgIpc) is 2.44. The molecule has 1 rings (SSSR count). The molecular weight excluding hydrogens is 258 g/mol. The molecule has 0 bridgehead atoms. The lowest BCUT2D eigenvalue weighted by Crippen LogP contribution is -2.55. The first-order valence-electron chi connectivity index (χ1n) is 7.38. The molecule has 1 atom stereocenters. The maximum absolute atomic E-state index is 12.6. The van der Waals surface area contributed by atoms with Crippen molar-refractivity contribution in [1.82, 2.24) is 15.1 Å². The monoisotopic (exact) mass is 285 g/mol. The molecule has 1 aliphatic rings. The van der Waals surface area contributed by atoms with Gasteiger partial charge in [-0.2, -0.15) is 0 Å². The Morgan fingerprint density at radius 1 is 1.25 bits per heavy atom. The largest absolute Gasteiger partial charge is 0.465 e. The van der Waals surface area contributed by atoms with Crippen molar-refractivity contribution in [2.75, 3.05) is 39.3 Å². The van der Waals surface area contributed by atoms with Crippen LogP contribution in [0, 0.1) is 0 Å². The van der Waals surface area contributed by atoms with E-state index in [4.69, 9.17) is 4.74 Å². The molecule has 0 aliphatic carbocycles. The van der Waals surface area contributed by atoms with Gasteiger partial charge in [0.05, 0.1) is 12.6 Å². The molecular formula is C14H27N3O3. The van der Waals surface area contributed by atoms with Crippen LogP contribution in [-0.2, 0) is 14.3 Å². The first kappa shape index (κ1) is 16.9. The average molecular weight is 285 g/mol. The van der Waals surface area contributed by atoms with Gasteiger partial charge >= 0.3 is 5.97 Å². The minimum atomic E-state index is -0.345. The van der Waals surface area contributed by atoms with Crippen LogP contribution < -0.4 is 5.32 Å². The summed E-state index contributed by atoms with van der Waals surface area (Å²) in [6, 6.07) is -0.216. The smallest absolute Gasteiger partial charge is 0.325 e. The topological polar surface area (TPSA) is 61.9 Å². The third-order valence-electron chi connectivity index (χ3n) is 3.57. The molecule has 1 amide bonds. The predicted octanol–water partition coefficient (Wildman–Crippen LogP) is 0.0802. The maximum atomic E-state index is 12.6. The summed E-state index contributed by atoms with van der Waals surface area (Å²) in [7, 11) is 0. The van der Waals surface area contributed by atoms with Crippen molar-refractivity contribution in [2.24, 2.45) is 0 Å². The van der Waals surface area contributed by atoms with Gasteiger partial charge < -0.3 is 15.0 Å². The number of piperazine rings is 1. The van der Waals surface area contributed by atoms with Gasteiger partial charge in [-0.3, -0.25) is 14.5 Å². The second-order valence-corrected chi connectivity index (χ2v) is 5.33. The zero-order valence-corrected chi connectivity index (χ0v) is 13.0. The molecule has 0 spiro atoms. The minimum absolute atomic E-state index is 0.00467. The Kier molecular flexibility index (Phi) is 6.95. The van der Waals surface area contributed by atoms with E-state index in [0.717, 1.165) is 26.2 Å². The second kappa shape index (κ2) is 8.21. The van der Waals surface area contributed by atoms with Crippen molar-refractivity contribution < 1.29 is 14.3 Å². The lowest BCUT2D eigenvalue weighted by molar-refractivity contribution is -0.152. The molecule has 20 heavy (non-hydrogen) atoms. The van der Waals surface area contributed by atoms with Crippen LogP contribution in [0.25, 0.3) is 0 Å². The van der Waals surface area contributed by atoms with Gasteiger partial charge in [0.2, 0.25) is 5.91 Å². The molecule has 1 fully saturated rings. The number of rotatable bonds is 6. The molecule has 0 aromatic carbocycles. The van der Waals surface area contributed by atoms with Crippen molar-refractivity contribution in [3.63, 3.8) is 0 Å². The van der Waals surface area contributed by atoms with E-state index in [1.54, 1.807) is 11.8 Å². The highest BCUT2D eigenvalue weighted by atomic mass is 16.5. The molecule has 1 saturated heterocycles. The number of hydrogen-bond acceptors (Lipinski definition) is 5. The first-order valence-corrected chi connectivity index (χ1v) is 7.38. The molecule has 0 aromatic rings. The summed E-state index contributed by atoms with van der Waals surface area (Å²) in [4.78, 5) is 28.0. The SMILES string of the molecule is CCOC(=O)CN(C(=O)C(C)N1CCNCC1)C(C)C. The lowest BCUT2D eigenvalue weighted by Gasteiger charge is -2.36. The van der Waals surface area contributed by atoms with Crippen molar-refractivity contribution >= 4 is 11.9 Å². The molecule has 0 radical (unpaired) electrons. The Morgan fingerprint density at radius 2 is 1.85 bits per heavy atom. The molecule has 1 aliphatic heterocycles. The Morgan fingerprint density at radius 3 is 2.35 bits per heavy atom. The zero-order valence-electron chi connectivity index (χ0n) is 13.0. The van der Waals surface area contributed by atoms with E-state index in [9.17, 15) is 9.59 Å². The Labute approximate surface area is 121 Å². The van der Waals surface area contributed by atoms with Gasteiger partial charge in [-0.1, -0.05) is 0 Å². The maximum Gasteiger partial charge on any atom is 0.325 e. The molecule has 1 N–H and O–H groups in total. The zero-order chi connectivity index (χ0) is 15.1. The summed E-state index contributed by atoms with van der Waals surface area (Å²) in [6.07, 6.45) is 0. The molecule has 116 valence electrons. The Bertz CT molecular complexity index is 328. The van der Waals surface area contributed by atoms with E-state index < -0.39 is 0 Å². The normalized spacial score (nSPS) is 17.9. The van der Waals surface area contributed by atoms with Crippen molar-refractivity contribution in [2.45, 2.75) is 39.8 Å². The summed E-state index contributed by atoms with van der Waals surface area (Å²) < 4.78 is 4.94. The van der Waals surface area contributed by atoms with Crippen LogP contribution in [-0.4, -0.2) is 73.1 Å². The van der Waals surface area contributed by atoms with Crippen molar-refractivity contribution in [3.05, 3.63) is 0 Å². The molecule has 6 nitrogen and oxygen atoms in total. The second-order valence-electron chi connectivity index (χ2n) is 5.33. The van der Waals surface area contributed by atoms with Gasteiger partial charge in [0.15, 0.2) is 0 Å². The molecule has 6 heteroatoms. The first-order chi connectivity index (χ1) is 9.47. The predicted molar refractivity (Wildman–Crippen MR) is 77.4 cm³/mol. The fourth-order valence-electron chi connectivity index (χ4n) is 2.33. The molecule has 0 saturated carbocycles. The van der Waals surface area contributed by atoms with Crippen LogP contribution in [0.3, 0.4) is 0 Å². The molecule has 0 aromatic heterocycles. The molecule has 1 unspecified atom stereocenters. The fourth-order valence-corrected chi connectivity index (χ4v) is 2.33. The van der Waals surface area contributed by atoms with Crippen LogP contribution in [0.1, 0.15) is 27.7 Å². The third kappa shape index (κ3) is 4.76. The van der Waals surface area contributed by atoms with Crippen molar-refractivity contribution in [3.8, 4) is 0 Å². The van der Waals surface area contributed by atoms with E-state index in [-0.39, 0.29) is 30.5 Å². The van der Waals surface area contributed by atoms with E-state index in [1.165, 1.54) is 0 Å². The van der Waals surface area contributed by atoms with Crippen LogP contribution in [0.5, 0.6) is 0 Å². The van der Waals surface area contributed by atoms with E-state index >= 15 is 0 Å². The quantitative estimate of drug-likeness (QED) is 0.700. The number of ether oxygens (including phenoxy) is 1. The summed E-state index contributed by atoms with van der Waals surface area (Å²) in [5.74, 6) is -0.350. The highest BCUT2D eigenvalue weighted by Gasteiger charge is 2.29. The summed E-state index contributed by atoms with van der Waals surface area (Å²) in [6.45, 7) is 11.4. The van der Waals surface area contributed by atoms with Crippen LogP contribution in [0.15, 0.2) is 0 Å². The third-order valence-corrected chi connectivity index (χ3v) is 3.57. The van der Waals surface area contributed by atoms with Crippen LogP contribution in [0.2, 0.25) is 0 Å². The van der Waals surface area contributed by atoms with Crippen LogP contribution in [0.4, 0.5) is 0 Å². The summed E-state index contributed by atoms with van der Waals surface area (Å²) in [5, 5.41) is 3.27. The highest BCUT2D eigenvalue weighted by Crippen LogP contribution is 2.09. The van der Waals surface area contributed by atoms with E-state index in [0.29, 0.717) is 6.61 Å². The summed E-state index contributed by atoms with van der Waals surface area (Å²) >= 11 is 0. The van der Waals surface area contributed by atoms with Gasteiger partial charge in [0.1, 0.15) is 6.54 Å². The number of amides is 1. The number of nitrogens with zero attached hydrogens (tertiary/aromatic N) is 2. The number of esters is 1. The van der Waals surface area contributed by atoms with Gasteiger partial charge in [0, 0.05) is 32.2 Å². The van der Waals surface area contributed by atoms with E-state index in [1.807, 2.05) is 20.8 Å². The van der Waals surface area contributed by atoms with Gasteiger partial charge in [0.25, 0.3) is 0 Å². The Balaban J connectivity index is 2.64. The number of carbonyl (C=O) groups excluding carboxylic acids is 2. The standard InChI is InChI=1S/C14H27N3O3/c1-5-20-13(18)10-17(11(2)3)14(19)12(4)16-8-6-15-7-9-16/h11-12,15H,5-10H2,1-4H3.